The fourth-order valence-corrected chi connectivity index (χ4v) is 8.74. The lowest BCUT2D eigenvalue weighted by molar-refractivity contribution is -0.156. The Labute approximate surface area is 517 Å². The molecule has 0 aromatic heterocycles. The Kier molecular flexibility index (Phi) is 36.6. The van der Waals surface area contributed by atoms with Gasteiger partial charge in [-0.15, -0.1) is 0 Å². The van der Waals surface area contributed by atoms with Crippen LogP contribution >= 0.6 is 22.6 Å². The topological polar surface area (TPSA) is 311 Å². The van der Waals surface area contributed by atoms with Crippen molar-refractivity contribution in [1.82, 2.24) is 21.3 Å². The lowest BCUT2D eigenvalue weighted by atomic mass is 9.90. The number of carbonyl (C=O) groups is 11. The molecule has 0 spiro atoms. The standard InChI is InChI=1S/C62H99IN4O18/c1-59(2,3)82-52(73)26-21-44(57(78)67-50(25-28-54(75)84-61(7,8)9)51(72)40-45(22-27-53(74)83-60(4,5)6)56(77)64-32-29-47(69)30-34-68)39-49(71)41-81-37-36-80-35-33-65-55(76)43(17-13-14-31-66-58(79)85-62(10,11)12)38-48(70)18-15-16-42-19-23-46(63)24-20-42/h19-20,23-24,43-45,50,68H,13-18,21-22,25-41H2,1-12H3,(H,64,77)(H,65,76)(H,66,79)(H,67,78)/t43-,44+,45+,50-/m1/s1. The number of halogens is 1. The fraction of sp³-hybridized carbons (Fsp3) is 0.726. The van der Waals surface area contributed by atoms with E-state index in [0.29, 0.717) is 38.6 Å². The number of carbonyl (C=O) groups excluding carboxylic acids is 11. The van der Waals surface area contributed by atoms with Crippen molar-refractivity contribution in [2.45, 2.75) is 221 Å². The average molecular weight is 1320 g/mol. The van der Waals surface area contributed by atoms with Crippen LogP contribution in [-0.2, 0) is 82.8 Å². The van der Waals surface area contributed by atoms with E-state index < -0.39 is 113 Å². The number of benzene rings is 1. The maximum atomic E-state index is 14.3. The molecular weight excluding hydrogens is 1220 g/mol. The molecule has 23 heteroatoms. The fourth-order valence-electron chi connectivity index (χ4n) is 8.38. The number of rotatable bonds is 42. The van der Waals surface area contributed by atoms with E-state index in [1.165, 1.54) is 0 Å². The van der Waals surface area contributed by atoms with Gasteiger partial charge in [0.25, 0.3) is 0 Å². The van der Waals surface area contributed by atoms with E-state index in [2.05, 4.69) is 43.9 Å². The zero-order valence-electron chi connectivity index (χ0n) is 52.6. The van der Waals surface area contributed by atoms with Crippen molar-refractivity contribution >= 4 is 87.4 Å². The number of nitrogens with one attached hydrogen (secondary N) is 4. The molecule has 85 heavy (non-hydrogen) atoms. The molecule has 482 valence electrons. The second-order valence-electron chi connectivity index (χ2n) is 25.1. The number of alkyl carbamates (subject to hydrolysis) is 1. The van der Waals surface area contributed by atoms with E-state index in [-0.39, 0.29) is 115 Å². The molecule has 1 aromatic carbocycles. The maximum Gasteiger partial charge on any atom is 0.407 e. The number of hydrogen-bond acceptors (Lipinski definition) is 18. The van der Waals surface area contributed by atoms with Gasteiger partial charge in [0.15, 0.2) is 11.6 Å². The molecule has 0 heterocycles. The second kappa shape index (κ2) is 40.1. The normalized spacial score (nSPS) is 13.2. The summed E-state index contributed by atoms with van der Waals surface area (Å²) in [5.41, 5.74) is -2.10. The predicted octanol–water partition coefficient (Wildman–Crippen LogP) is 7.49. The van der Waals surface area contributed by atoms with Gasteiger partial charge in [0.2, 0.25) is 17.7 Å². The van der Waals surface area contributed by atoms with Crippen LogP contribution in [-0.4, -0.2) is 151 Å². The molecule has 0 fully saturated rings. The van der Waals surface area contributed by atoms with E-state index in [9.17, 15) is 52.7 Å². The van der Waals surface area contributed by atoms with E-state index >= 15 is 0 Å². The molecular formula is C62H99IN4O18. The highest BCUT2D eigenvalue weighted by atomic mass is 127. The van der Waals surface area contributed by atoms with Gasteiger partial charge in [-0.1, -0.05) is 18.6 Å². The summed E-state index contributed by atoms with van der Waals surface area (Å²) in [5, 5.41) is 20.0. The summed E-state index contributed by atoms with van der Waals surface area (Å²) in [6.45, 7) is 19.9. The maximum absolute atomic E-state index is 14.3. The van der Waals surface area contributed by atoms with E-state index in [1.54, 1.807) is 83.1 Å². The van der Waals surface area contributed by atoms with Gasteiger partial charge in [0.05, 0.1) is 25.9 Å². The van der Waals surface area contributed by atoms with Crippen molar-refractivity contribution in [3.05, 3.63) is 33.4 Å². The Bertz CT molecular complexity index is 2300. The third-order valence-corrected chi connectivity index (χ3v) is 13.0. The Balaban J connectivity index is 3.11. The highest BCUT2D eigenvalue weighted by Gasteiger charge is 2.33. The molecule has 0 unspecified atom stereocenters. The summed E-state index contributed by atoms with van der Waals surface area (Å²) in [5.74, 6) is -8.21. The largest absolute Gasteiger partial charge is 0.460 e. The van der Waals surface area contributed by atoms with Crippen LogP contribution in [0.5, 0.6) is 0 Å². The third-order valence-electron chi connectivity index (χ3n) is 12.3. The van der Waals surface area contributed by atoms with Crippen molar-refractivity contribution in [3.63, 3.8) is 0 Å². The molecule has 0 aliphatic heterocycles. The van der Waals surface area contributed by atoms with Crippen molar-refractivity contribution in [2.75, 3.05) is 52.7 Å². The number of unbranched alkanes of at least 4 members (excludes halogenated alkanes) is 1. The summed E-state index contributed by atoms with van der Waals surface area (Å²) < 4.78 is 34.0. The zero-order valence-corrected chi connectivity index (χ0v) is 54.7. The number of ketones is 4. The summed E-state index contributed by atoms with van der Waals surface area (Å²) in [4.78, 5) is 145. The van der Waals surface area contributed by atoms with Crippen LogP contribution in [0.4, 0.5) is 4.79 Å². The van der Waals surface area contributed by atoms with Crippen LogP contribution in [0.2, 0.25) is 0 Å². The molecule has 0 aliphatic carbocycles. The van der Waals surface area contributed by atoms with Crippen LogP contribution in [0.1, 0.15) is 191 Å². The van der Waals surface area contributed by atoms with Crippen molar-refractivity contribution in [2.24, 2.45) is 17.8 Å². The number of aliphatic hydroxyl groups is 1. The van der Waals surface area contributed by atoms with E-state index in [4.69, 9.17) is 33.5 Å². The van der Waals surface area contributed by atoms with Gasteiger partial charge in [-0.3, -0.25) is 47.9 Å². The van der Waals surface area contributed by atoms with Crippen molar-refractivity contribution < 1.29 is 86.3 Å². The lowest BCUT2D eigenvalue weighted by Crippen LogP contribution is -2.46. The lowest BCUT2D eigenvalue weighted by Gasteiger charge is -2.25. The first-order chi connectivity index (χ1) is 39.5. The highest BCUT2D eigenvalue weighted by molar-refractivity contribution is 14.1. The first-order valence-electron chi connectivity index (χ1n) is 29.6. The monoisotopic (exact) mass is 1310 g/mol. The Morgan fingerprint density at radius 3 is 1.51 bits per heavy atom. The van der Waals surface area contributed by atoms with Crippen LogP contribution < -0.4 is 21.3 Å². The number of aryl methyl sites for hydroxylation is 1. The number of aliphatic hydroxyl groups excluding tert-OH is 1. The first-order valence-corrected chi connectivity index (χ1v) is 30.7. The van der Waals surface area contributed by atoms with E-state index in [0.717, 1.165) is 15.6 Å². The highest BCUT2D eigenvalue weighted by Crippen LogP contribution is 2.22. The SMILES string of the molecule is CC(C)(C)OC(=O)CC[C@@H](CC(=O)[C@@H](CCC(=O)OC(C)(C)C)NC(=O)[C@@H](CCC(=O)OC(C)(C)C)CC(=O)COCCOCCNC(=O)[C@H](CCCCNC(=O)OC(C)(C)C)CC(=O)CCCc1ccc(I)cc1)C(=O)NCCC(=O)CCO. The van der Waals surface area contributed by atoms with Gasteiger partial charge < -0.3 is 54.8 Å². The Hall–Kier alpha value is -5.40. The van der Waals surface area contributed by atoms with Gasteiger partial charge >= 0.3 is 24.0 Å². The number of amides is 4. The van der Waals surface area contributed by atoms with E-state index in [1.807, 2.05) is 24.3 Å². The molecule has 0 saturated heterocycles. The zero-order chi connectivity index (χ0) is 64.4. The molecule has 4 atom stereocenters. The van der Waals surface area contributed by atoms with Gasteiger partial charge in [-0.25, -0.2) is 4.79 Å². The minimum atomic E-state index is -1.41. The molecule has 4 amide bonds. The minimum absolute atomic E-state index is 0.0225. The Morgan fingerprint density at radius 1 is 0.471 bits per heavy atom. The average Bonchev–Trinajstić information content (AvgIpc) is 3.55. The van der Waals surface area contributed by atoms with Crippen molar-refractivity contribution in [3.8, 4) is 0 Å². The van der Waals surface area contributed by atoms with Gasteiger partial charge in [0.1, 0.15) is 40.6 Å². The van der Waals surface area contributed by atoms with Crippen molar-refractivity contribution in [1.29, 1.82) is 0 Å². The molecule has 0 saturated carbocycles. The molecule has 0 radical (unpaired) electrons. The summed E-state index contributed by atoms with van der Waals surface area (Å²) in [6, 6.07) is 6.69. The molecule has 1 aromatic rings. The number of Topliss-reactive ketones (excluding diaryl/α,β-unsaturated/α-hetero) is 4. The first kappa shape index (κ1) is 77.6. The van der Waals surface area contributed by atoms with Gasteiger partial charge in [0, 0.05) is 105 Å². The molecule has 0 bridgehead atoms. The van der Waals surface area contributed by atoms with Gasteiger partial charge in [-0.2, -0.15) is 0 Å². The van der Waals surface area contributed by atoms with Crippen LogP contribution in [0, 0.1) is 21.3 Å². The number of ether oxygens (including phenoxy) is 6. The number of esters is 3. The van der Waals surface area contributed by atoms with Gasteiger partial charge in [-0.05, 0) is 168 Å². The van der Waals surface area contributed by atoms with Crippen LogP contribution in [0.3, 0.4) is 0 Å². The predicted molar refractivity (Wildman–Crippen MR) is 326 cm³/mol. The summed E-state index contributed by atoms with van der Waals surface area (Å²) >= 11 is 2.24. The smallest absolute Gasteiger partial charge is 0.407 e. The van der Waals surface area contributed by atoms with Crippen LogP contribution in [0.15, 0.2) is 24.3 Å². The third kappa shape index (κ3) is 41.4. The molecule has 1 rings (SSSR count). The molecule has 22 nitrogen and oxygen atoms in total. The minimum Gasteiger partial charge on any atom is -0.460 e. The quantitative estimate of drug-likeness (QED) is 0.0183. The molecule has 5 N–H and O–H groups in total. The number of hydrogen-bond donors (Lipinski definition) is 5. The summed E-state index contributed by atoms with van der Waals surface area (Å²) in [6.07, 6.45) is 0.153. The summed E-state index contributed by atoms with van der Waals surface area (Å²) in [7, 11) is 0. The second-order valence-corrected chi connectivity index (χ2v) is 26.3. The molecule has 0 aliphatic rings. The Morgan fingerprint density at radius 2 is 0.965 bits per heavy atom. The van der Waals surface area contributed by atoms with Crippen LogP contribution in [0.25, 0.3) is 0 Å².